The lowest BCUT2D eigenvalue weighted by atomic mass is 10.1. The molecule has 1 aromatic carbocycles. The largest absolute Gasteiger partial charge is 0.393 e. The zero-order valence-corrected chi connectivity index (χ0v) is 12.3. The molecule has 0 aromatic heterocycles. The number of nitrogens with zero attached hydrogens (tertiary/aromatic N) is 1. The molecule has 114 valence electrons. The van der Waals surface area contributed by atoms with Gasteiger partial charge in [-0.2, -0.15) is 0 Å². The van der Waals surface area contributed by atoms with Crippen LogP contribution in [0.4, 0.5) is 10.5 Å². The van der Waals surface area contributed by atoms with Crippen LogP contribution < -0.4 is 5.32 Å². The van der Waals surface area contributed by atoms with E-state index in [1.165, 1.54) is 5.56 Å². The zero-order valence-electron chi connectivity index (χ0n) is 12.3. The van der Waals surface area contributed by atoms with Gasteiger partial charge in [0, 0.05) is 25.2 Å². The summed E-state index contributed by atoms with van der Waals surface area (Å²) < 4.78 is 5.37. The monoisotopic (exact) mass is 290 g/mol. The van der Waals surface area contributed by atoms with Crippen LogP contribution in [-0.4, -0.2) is 35.7 Å². The smallest absolute Gasteiger partial charge is 0.321 e. The summed E-state index contributed by atoms with van der Waals surface area (Å²) in [7, 11) is 1.77. The maximum Gasteiger partial charge on any atom is 0.321 e. The highest BCUT2D eigenvalue weighted by atomic mass is 16.5. The molecule has 0 radical (unpaired) electrons. The van der Waals surface area contributed by atoms with Gasteiger partial charge in [0.25, 0.3) is 0 Å². The molecule has 2 atom stereocenters. The fraction of sp³-hybridized carbons (Fsp3) is 0.562. The molecule has 0 saturated heterocycles. The summed E-state index contributed by atoms with van der Waals surface area (Å²) in [6, 6.07) is 5.74. The first-order valence-electron chi connectivity index (χ1n) is 7.53. The standard InChI is InChI=1S/C16H22N2O3/c1-18(8-11-3-2-4-15(11)19)16(20)17-14-6-5-12-9-21-10-13(12)7-14/h5-7,11,15,19H,2-4,8-10H2,1H3,(H,17,20). The van der Waals surface area contributed by atoms with E-state index in [9.17, 15) is 9.90 Å². The van der Waals surface area contributed by atoms with E-state index in [2.05, 4.69) is 5.32 Å². The molecule has 1 aromatic rings. The van der Waals surface area contributed by atoms with E-state index in [0.717, 1.165) is 30.5 Å². The van der Waals surface area contributed by atoms with E-state index in [1.54, 1.807) is 11.9 Å². The first-order valence-corrected chi connectivity index (χ1v) is 7.53. The summed E-state index contributed by atoms with van der Waals surface area (Å²) >= 11 is 0. The van der Waals surface area contributed by atoms with Crippen molar-refractivity contribution in [3.63, 3.8) is 0 Å². The maximum absolute atomic E-state index is 12.2. The Labute approximate surface area is 124 Å². The summed E-state index contributed by atoms with van der Waals surface area (Å²) in [5.41, 5.74) is 3.13. The number of aliphatic hydroxyl groups excluding tert-OH is 1. The van der Waals surface area contributed by atoms with Gasteiger partial charge in [0.15, 0.2) is 0 Å². The molecule has 2 amide bonds. The Morgan fingerprint density at radius 3 is 2.95 bits per heavy atom. The van der Waals surface area contributed by atoms with Crippen molar-refractivity contribution in [2.24, 2.45) is 5.92 Å². The van der Waals surface area contributed by atoms with Crippen LogP contribution in [0.1, 0.15) is 30.4 Å². The SMILES string of the molecule is CN(CC1CCCC1O)C(=O)Nc1ccc2c(c1)COC2. The number of aliphatic hydroxyl groups is 1. The highest BCUT2D eigenvalue weighted by Crippen LogP contribution is 2.26. The van der Waals surface area contributed by atoms with Gasteiger partial charge in [0.05, 0.1) is 19.3 Å². The first kappa shape index (κ1) is 14.4. The number of carbonyl (C=O) groups excluding carboxylic acids is 1. The van der Waals surface area contributed by atoms with E-state index in [-0.39, 0.29) is 18.1 Å². The molecule has 1 saturated carbocycles. The molecule has 1 aliphatic heterocycles. The second-order valence-corrected chi connectivity index (χ2v) is 6.05. The summed E-state index contributed by atoms with van der Waals surface area (Å²) in [4.78, 5) is 13.9. The number of benzene rings is 1. The molecule has 2 unspecified atom stereocenters. The van der Waals surface area contributed by atoms with Gasteiger partial charge >= 0.3 is 6.03 Å². The Balaban J connectivity index is 1.58. The maximum atomic E-state index is 12.2. The number of hydrogen-bond acceptors (Lipinski definition) is 3. The quantitative estimate of drug-likeness (QED) is 0.898. The molecular weight excluding hydrogens is 268 g/mol. The van der Waals surface area contributed by atoms with Gasteiger partial charge in [-0.15, -0.1) is 0 Å². The number of nitrogens with one attached hydrogen (secondary N) is 1. The Morgan fingerprint density at radius 2 is 2.19 bits per heavy atom. The van der Waals surface area contributed by atoms with Crippen LogP contribution in [0.5, 0.6) is 0 Å². The molecule has 2 N–H and O–H groups in total. The van der Waals surface area contributed by atoms with E-state index < -0.39 is 0 Å². The Bertz CT molecular complexity index is 532. The van der Waals surface area contributed by atoms with Crippen molar-refractivity contribution in [1.29, 1.82) is 0 Å². The lowest BCUT2D eigenvalue weighted by molar-refractivity contribution is 0.116. The number of rotatable bonds is 3. The molecule has 1 fully saturated rings. The van der Waals surface area contributed by atoms with Crippen LogP contribution in [0, 0.1) is 5.92 Å². The number of amides is 2. The zero-order chi connectivity index (χ0) is 14.8. The molecular formula is C16H22N2O3. The third kappa shape index (κ3) is 3.19. The minimum atomic E-state index is -0.266. The predicted molar refractivity (Wildman–Crippen MR) is 79.9 cm³/mol. The van der Waals surface area contributed by atoms with Crippen LogP contribution in [0.3, 0.4) is 0 Å². The van der Waals surface area contributed by atoms with Gasteiger partial charge in [0.1, 0.15) is 0 Å². The van der Waals surface area contributed by atoms with Crippen molar-refractivity contribution >= 4 is 11.7 Å². The van der Waals surface area contributed by atoms with Gasteiger partial charge in [0.2, 0.25) is 0 Å². The number of urea groups is 1. The number of hydrogen-bond donors (Lipinski definition) is 2. The Morgan fingerprint density at radius 1 is 1.38 bits per heavy atom. The summed E-state index contributed by atoms with van der Waals surface area (Å²) in [6.07, 6.45) is 2.63. The molecule has 2 aliphatic rings. The van der Waals surface area contributed by atoms with Crippen LogP contribution in [0.2, 0.25) is 0 Å². The fourth-order valence-corrected chi connectivity index (χ4v) is 3.13. The minimum Gasteiger partial charge on any atom is -0.393 e. The highest BCUT2D eigenvalue weighted by molar-refractivity contribution is 5.89. The molecule has 0 bridgehead atoms. The van der Waals surface area contributed by atoms with Crippen molar-refractivity contribution in [1.82, 2.24) is 4.90 Å². The molecule has 5 nitrogen and oxygen atoms in total. The third-order valence-electron chi connectivity index (χ3n) is 4.45. The molecule has 1 heterocycles. The predicted octanol–water partition coefficient (Wildman–Crippen LogP) is 2.34. The highest BCUT2D eigenvalue weighted by Gasteiger charge is 2.27. The first-order chi connectivity index (χ1) is 10.1. The second-order valence-electron chi connectivity index (χ2n) is 6.05. The lowest BCUT2D eigenvalue weighted by Gasteiger charge is -2.23. The summed E-state index contributed by atoms with van der Waals surface area (Å²) in [6.45, 7) is 1.87. The molecule has 3 rings (SSSR count). The normalized spacial score (nSPS) is 23.9. The number of fused-ring (bicyclic) bond motifs is 1. The van der Waals surface area contributed by atoms with E-state index in [4.69, 9.17) is 4.74 Å². The number of carbonyl (C=O) groups is 1. The van der Waals surface area contributed by atoms with E-state index in [1.807, 2.05) is 18.2 Å². The lowest BCUT2D eigenvalue weighted by Crippen LogP contribution is -2.37. The Kier molecular flexibility index (Phi) is 4.12. The van der Waals surface area contributed by atoms with Crippen molar-refractivity contribution in [3.8, 4) is 0 Å². The second kappa shape index (κ2) is 6.03. The van der Waals surface area contributed by atoms with Crippen molar-refractivity contribution in [3.05, 3.63) is 29.3 Å². The van der Waals surface area contributed by atoms with Gasteiger partial charge < -0.3 is 20.1 Å². The van der Waals surface area contributed by atoms with Gasteiger partial charge in [-0.3, -0.25) is 0 Å². The van der Waals surface area contributed by atoms with Crippen molar-refractivity contribution in [2.75, 3.05) is 18.9 Å². The molecule has 5 heteroatoms. The van der Waals surface area contributed by atoms with Crippen molar-refractivity contribution < 1.29 is 14.6 Å². The van der Waals surface area contributed by atoms with Crippen LogP contribution in [-0.2, 0) is 18.0 Å². The molecule has 21 heavy (non-hydrogen) atoms. The average molecular weight is 290 g/mol. The Hall–Kier alpha value is -1.59. The minimum absolute atomic E-state index is 0.132. The number of ether oxygens (including phenoxy) is 1. The van der Waals surface area contributed by atoms with Crippen molar-refractivity contribution in [2.45, 2.75) is 38.6 Å². The summed E-state index contributed by atoms with van der Waals surface area (Å²) in [5.74, 6) is 0.203. The van der Waals surface area contributed by atoms with E-state index in [0.29, 0.717) is 19.8 Å². The van der Waals surface area contributed by atoms with E-state index >= 15 is 0 Å². The average Bonchev–Trinajstić information content (AvgIpc) is 3.07. The van der Waals surface area contributed by atoms with Crippen LogP contribution in [0.25, 0.3) is 0 Å². The number of anilines is 1. The topological polar surface area (TPSA) is 61.8 Å². The van der Waals surface area contributed by atoms with Gasteiger partial charge in [-0.1, -0.05) is 12.5 Å². The fourth-order valence-electron chi connectivity index (χ4n) is 3.13. The van der Waals surface area contributed by atoms with Gasteiger partial charge in [-0.25, -0.2) is 4.79 Å². The molecule has 0 spiro atoms. The van der Waals surface area contributed by atoms with Crippen LogP contribution in [0.15, 0.2) is 18.2 Å². The van der Waals surface area contributed by atoms with Gasteiger partial charge in [-0.05, 0) is 36.1 Å². The molecule has 1 aliphatic carbocycles. The third-order valence-corrected chi connectivity index (χ3v) is 4.45. The van der Waals surface area contributed by atoms with Crippen LogP contribution >= 0.6 is 0 Å². The summed E-state index contributed by atoms with van der Waals surface area (Å²) in [5, 5.41) is 12.8.